The Morgan fingerprint density at radius 1 is 1.00 bits per heavy atom. The summed E-state index contributed by atoms with van der Waals surface area (Å²) in [6, 6.07) is 13.8. The van der Waals surface area contributed by atoms with Crippen LogP contribution in [-0.2, 0) is 16.6 Å². The SMILES string of the molecule is CCC(C)(C)c1cc(C(=O)SCc2ccccc2)cc(C(C)(C)C)c1O. The highest BCUT2D eigenvalue weighted by molar-refractivity contribution is 8.13. The quantitative estimate of drug-likeness (QED) is 0.657. The average molecular weight is 371 g/mol. The van der Waals surface area contributed by atoms with Crippen LogP contribution in [0.1, 0.15) is 75.0 Å². The molecule has 0 unspecified atom stereocenters. The van der Waals surface area contributed by atoms with Crippen molar-refractivity contribution >= 4 is 16.9 Å². The zero-order chi connectivity index (χ0) is 19.5. The van der Waals surface area contributed by atoms with Crippen LogP contribution in [0, 0.1) is 0 Å². The van der Waals surface area contributed by atoms with Crippen LogP contribution >= 0.6 is 11.8 Å². The molecule has 26 heavy (non-hydrogen) atoms. The van der Waals surface area contributed by atoms with Crippen LogP contribution in [0.15, 0.2) is 42.5 Å². The van der Waals surface area contributed by atoms with Crippen LogP contribution in [0.5, 0.6) is 5.75 Å². The molecular weight excluding hydrogens is 340 g/mol. The maximum atomic E-state index is 12.9. The molecule has 140 valence electrons. The number of aromatic hydroxyl groups is 1. The van der Waals surface area contributed by atoms with Crippen molar-refractivity contribution in [1.82, 2.24) is 0 Å². The molecule has 2 nitrogen and oxygen atoms in total. The normalized spacial score (nSPS) is 12.2. The number of carbonyl (C=O) groups is 1. The summed E-state index contributed by atoms with van der Waals surface area (Å²) in [7, 11) is 0. The van der Waals surface area contributed by atoms with E-state index in [1.807, 2.05) is 42.5 Å². The lowest BCUT2D eigenvalue weighted by Crippen LogP contribution is -2.20. The second-order valence-corrected chi connectivity index (χ2v) is 9.42. The smallest absolute Gasteiger partial charge is 0.219 e. The Kier molecular flexibility index (Phi) is 6.23. The van der Waals surface area contributed by atoms with Gasteiger partial charge in [-0.25, -0.2) is 0 Å². The van der Waals surface area contributed by atoms with E-state index >= 15 is 0 Å². The van der Waals surface area contributed by atoms with Gasteiger partial charge in [-0.3, -0.25) is 4.79 Å². The minimum atomic E-state index is -0.233. The highest BCUT2D eigenvalue weighted by atomic mass is 32.2. The van der Waals surface area contributed by atoms with Crippen LogP contribution in [0.2, 0.25) is 0 Å². The maximum Gasteiger partial charge on any atom is 0.219 e. The molecule has 0 fully saturated rings. The Bertz CT molecular complexity index is 771. The molecule has 2 aromatic rings. The van der Waals surface area contributed by atoms with Gasteiger partial charge in [-0.15, -0.1) is 0 Å². The van der Waals surface area contributed by atoms with E-state index in [4.69, 9.17) is 0 Å². The first-order valence-corrected chi connectivity index (χ1v) is 10.1. The fourth-order valence-corrected chi connectivity index (χ4v) is 3.61. The molecule has 3 heteroatoms. The van der Waals surface area contributed by atoms with Crippen LogP contribution in [0.4, 0.5) is 0 Å². The van der Waals surface area contributed by atoms with E-state index in [-0.39, 0.29) is 15.9 Å². The summed E-state index contributed by atoms with van der Waals surface area (Å²) in [6.07, 6.45) is 0.888. The van der Waals surface area contributed by atoms with Gasteiger partial charge in [0.2, 0.25) is 5.12 Å². The molecule has 0 heterocycles. The van der Waals surface area contributed by atoms with Crippen molar-refractivity contribution in [3.05, 3.63) is 64.7 Å². The van der Waals surface area contributed by atoms with Crippen LogP contribution in [-0.4, -0.2) is 10.2 Å². The van der Waals surface area contributed by atoms with Gasteiger partial charge in [-0.05, 0) is 34.9 Å². The van der Waals surface area contributed by atoms with E-state index in [0.717, 1.165) is 23.1 Å². The number of benzene rings is 2. The summed E-state index contributed by atoms with van der Waals surface area (Å²) in [5, 5.41) is 10.9. The summed E-state index contributed by atoms with van der Waals surface area (Å²) >= 11 is 1.31. The van der Waals surface area contributed by atoms with Gasteiger partial charge in [0.25, 0.3) is 0 Å². The molecule has 0 spiro atoms. The Balaban J connectivity index is 2.41. The third-order valence-corrected chi connectivity index (χ3v) is 5.95. The summed E-state index contributed by atoms with van der Waals surface area (Å²) in [5.74, 6) is 0.978. The summed E-state index contributed by atoms with van der Waals surface area (Å²) in [5.41, 5.74) is 3.07. The fourth-order valence-electron chi connectivity index (χ4n) is 2.84. The van der Waals surface area contributed by atoms with Crippen molar-refractivity contribution in [3.63, 3.8) is 0 Å². The number of hydrogen-bond donors (Lipinski definition) is 1. The highest BCUT2D eigenvalue weighted by Gasteiger charge is 2.29. The van der Waals surface area contributed by atoms with E-state index in [1.54, 1.807) is 0 Å². The first-order chi connectivity index (χ1) is 12.1. The van der Waals surface area contributed by atoms with Crippen LogP contribution in [0.3, 0.4) is 0 Å². The van der Waals surface area contributed by atoms with E-state index in [1.165, 1.54) is 11.8 Å². The van der Waals surface area contributed by atoms with Crippen molar-refractivity contribution in [3.8, 4) is 5.75 Å². The van der Waals surface area contributed by atoms with Gasteiger partial charge in [0, 0.05) is 22.4 Å². The molecule has 0 atom stereocenters. The van der Waals surface area contributed by atoms with E-state index < -0.39 is 0 Å². The summed E-state index contributed by atoms with van der Waals surface area (Å²) in [6.45, 7) is 12.5. The zero-order valence-electron chi connectivity index (χ0n) is 16.7. The molecule has 0 aliphatic carbocycles. The minimum Gasteiger partial charge on any atom is -0.507 e. The Hall–Kier alpha value is -1.74. The van der Waals surface area contributed by atoms with Gasteiger partial charge in [0.05, 0.1) is 0 Å². The highest BCUT2D eigenvalue weighted by Crippen LogP contribution is 2.41. The Labute approximate surface area is 162 Å². The minimum absolute atomic E-state index is 0.0486. The standard InChI is InChI=1S/C23H30O2S/c1-7-23(5,6)19-14-17(13-18(20(19)24)22(2,3)4)21(25)26-15-16-11-9-8-10-12-16/h8-14,24H,7,15H2,1-6H3. The number of rotatable bonds is 5. The molecule has 0 radical (unpaired) electrons. The Morgan fingerprint density at radius 2 is 1.58 bits per heavy atom. The predicted molar refractivity (Wildman–Crippen MR) is 112 cm³/mol. The second kappa shape index (κ2) is 7.87. The van der Waals surface area contributed by atoms with Crippen molar-refractivity contribution in [2.24, 2.45) is 0 Å². The Morgan fingerprint density at radius 3 is 2.12 bits per heavy atom. The fraction of sp³-hybridized carbons (Fsp3) is 0.435. The number of phenols is 1. The van der Waals surface area contributed by atoms with E-state index in [9.17, 15) is 9.90 Å². The average Bonchev–Trinajstić information content (AvgIpc) is 2.59. The van der Waals surface area contributed by atoms with Gasteiger partial charge in [-0.2, -0.15) is 0 Å². The monoisotopic (exact) mass is 370 g/mol. The maximum absolute atomic E-state index is 12.9. The van der Waals surface area contributed by atoms with Crippen LogP contribution in [0.25, 0.3) is 0 Å². The lowest BCUT2D eigenvalue weighted by molar-refractivity contribution is 0.108. The molecule has 0 saturated heterocycles. The lowest BCUT2D eigenvalue weighted by atomic mass is 9.76. The largest absolute Gasteiger partial charge is 0.507 e. The molecule has 0 amide bonds. The first kappa shape index (κ1) is 20.6. The number of hydrogen-bond acceptors (Lipinski definition) is 3. The first-order valence-electron chi connectivity index (χ1n) is 9.15. The van der Waals surface area contributed by atoms with Gasteiger partial charge in [0.15, 0.2) is 0 Å². The van der Waals surface area contributed by atoms with Crippen molar-refractivity contribution in [2.45, 2.75) is 64.5 Å². The van der Waals surface area contributed by atoms with Gasteiger partial charge >= 0.3 is 0 Å². The summed E-state index contributed by atoms with van der Waals surface area (Å²) in [4.78, 5) is 12.9. The predicted octanol–water partition coefficient (Wildman–Crippen LogP) is 6.45. The number of phenolic OH excluding ortho intramolecular Hbond substituents is 1. The van der Waals surface area contributed by atoms with Gasteiger partial charge in [0.1, 0.15) is 5.75 Å². The number of carbonyl (C=O) groups excluding carboxylic acids is 1. The van der Waals surface area contributed by atoms with Gasteiger partial charge in [-0.1, -0.05) is 83.6 Å². The van der Waals surface area contributed by atoms with Gasteiger partial charge < -0.3 is 5.11 Å². The molecule has 0 aromatic heterocycles. The van der Waals surface area contributed by atoms with Crippen LogP contribution < -0.4 is 0 Å². The number of thioether (sulfide) groups is 1. The van der Waals surface area contributed by atoms with E-state index in [0.29, 0.717) is 17.1 Å². The third kappa shape index (κ3) is 4.70. The molecule has 2 rings (SSSR count). The molecule has 0 saturated carbocycles. The molecule has 0 bridgehead atoms. The third-order valence-electron chi connectivity index (χ3n) is 4.98. The molecule has 1 N–H and O–H groups in total. The molecule has 0 aliphatic heterocycles. The summed E-state index contributed by atoms with van der Waals surface area (Å²) < 4.78 is 0. The van der Waals surface area contributed by atoms with E-state index in [2.05, 4.69) is 41.5 Å². The molecule has 2 aromatic carbocycles. The van der Waals surface area contributed by atoms with Crippen molar-refractivity contribution in [1.29, 1.82) is 0 Å². The molecular formula is C23H30O2S. The molecule has 0 aliphatic rings. The lowest BCUT2D eigenvalue weighted by Gasteiger charge is -2.29. The van der Waals surface area contributed by atoms with Crippen molar-refractivity contribution < 1.29 is 9.90 Å². The zero-order valence-corrected chi connectivity index (χ0v) is 17.5. The topological polar surface area (TPSA) is 37.3 Å². The second-order valence-electron chi connectivity index (χ2n) is 8.47. The van der Waals surface area contributed by atoms with Crippen molar-refractivity contribution in [2.75, 3.05) is 0 Å².